The molecule has 2 N–H and O–H groups in total. The van der Waals surface area contributed by atoms with Crippen LogP contribution in [0.2, 0.25) is 0 Å². The van der Waals surface area contributed by atoms with Gasteiger partial charge in [-0.1, -0.05) is 31.6 Å². The van der Waals surface area contributed by atoms with Crippen LogP contribution in [0.5, 0.6) is 0 Å². The van der Waals surface area contributed by atoms with Crippen molar-refractivity contribution in [1.82, 2.24) is 9.55 Å². The van der Waals surface area contributed by atoms with Crippen LogP contribution >= 0.6 is 0 Å². The van der Waals surface area contributed by atoms with Crippen LogP contribution in [0.4, 0.5) is 0 Å². The van der Waals surface area contributed by atoms with Gasteiger partial charge in [-0.2, -0.15) is 0 Å². The lowest BCUT2D eigenvalue weighted by Gasteiger charge is -2.41. The minimum Gasteiger partial charge on any atom is -0.457 e. The number of carbonyl (C=O) groups is 3. The van der Waals surface area contributed by atoms with Crippen molar-refractivity contribution < 1.29 is 53.0 Å². The van der Waals surface area contributed by atoms with Gasteiger partial charge in [0.2, 0.25) is 5.79 Å². The SMILES string of the molecule is CC(=O)O[C@@H]1[C@H](OC/C2=C/[C@@H]3[C@@H](C(C)C)CC=C(C)[C@@H]3C[C@H](OC(=O)/C=C/c3cn(C)cn3)[C@]3(C)C=C[C@@]2(O)O3)OC[C@@H](OC(C)=O)[C@H]1O. The van der Waals surface area contributed by atoms with E-state index < -0.39 is 60.0 Å². The summed E-state index contributed by atoms with van der Waals surface area (Å²) in [6.45, 7) is 10.1. The van der Waals surface area contributed by atoms with Crippen LogP contribution in [0.1, 0.15) is 60.1 Å². The van der Waals surface area contributed by atoms with Crippen molar-refractivity contribution in [2.45, 2.75) is 96.5 Å². The molecule has 0 saturated carbocycles. The molecule has 1 aromatic rings. The molecule has 1 aromatic heterocycles. The summed E-state index contributed by atoms with van der Waals surface area (Å²) in [6, 6.07) is 0. The minimum atomic E-state index is -1.95. The average molecular weight is 685 g/mol. The Bertz CT molecular complexity index is 1530. The van der Waals surface area contributed by atoms with Crippen LogP contribution in [0, 0.1) is 23.7 Å². The first-order chi connectivity index (χ1) is 23.1. The van der Waals surface area contributed by atoms with E-state index >= 15 is 0 Å². The van der Waals surface area contributed by atoms with E-state index in [-0.39, 0.29) is 36.9 Å². The molecule has 0 spiro atoms. The van der Waals surface area contributed by atoms with Gasteiger partial charge in [-0.15, -0.1) is 0 Å². The van der Waals surface area contributed by atoms with Gasteiger partial charge >= 0.3 is 17.9 Å². The molecular formula is C36H48N2O11. The zero-order chi connectivity index (χ0) is 35.7. The monoisotopic (exact) mass is 684 g/mol. The molecule has 0 unspecified atom stereocenters. The first-order valence-electron chi connectivity index (χ1n) is 16.7. The lowest BCUT2D eigenvalue weighted by Crippen LogP contribution is -2.56. The number of fused-ring (bicyclic) bond motifs is 3. The lowest BCUT2D eigenvalue weighted by molar-refractivity contribution is -0.278. The molecule has 268 valence electrons. The fourth-order valence-corrected chi connectivity index (χ4v) is 7.25. The lowest BCUT2D eigenvalue weighted by atomic mass is 9.65. The van der Waals surface area contributed by atoms with Crippen LogP contribution in [-0.2, 0) is 49.9 Å². The molecule has 0 aromatic carbocycles. The summed E-state index contributed by atoms with van der Waals surface area (Å²) >= 11 is 0. The third kappa shape index (κ3) is 8.24. The topological polar surface area (TPSA) is 165 Å². The molecule has 1 aliphatic carbocycles. The fourth-order valence-electron chi connectivity index (χ4n) is 7.25. The van der Waals surface area contributed by atoms with E-state index in [1.54, 1.807) is 36.2 Å². The number of esters is 3. The van der Waals surface area contributed by atoms with Crippen LogP contribution in [0.25, 0.3) is 6.08 Å². The smallest absolute Gasteiger partial charge is 0.331 e. The standard InChI is InChI=1S/C36H48N2O11/c1-20(2)26-10-8-21(3)27-15-30(48-31(41)11-9-25-16-38(7)19-37-25)35(6)12-13-36(43,49-35)24(14-28(26)27)17-44-34-33(47-23(5)40)32(42)29(18-45-34)46-22(4)39/h8-9,11-14,16,19-20,26-30,32-34,42-43H,10,15,17-18H2,1-7H3/b11-9+,24-14-/t26-,27+,28-,29-,30+,32-,33+,34-,35+,36-/m1/s1. The number of aromatic nitrogens is 2. The number of hydrogen-bond acceptors (Lipinski definition) is 12. The Kier molecular flexibility index (Phi) is 11.0. The van der Waals surface area contributed by atoms with Gasteiger partial charge in [0.25, 0.3) is 0 Å². The number of nitrogens with zero attached hydrogens (tertiary/aromatic N) is 2. The predicted molar refractivity (Wildman–Crippen MR) is 175 cm³/mol. The second kappa shape index (κ2) is 14.7. The third-order valence-corrected chi connectivity index (χ3v) is 9.90. The van der Waals surface area contributed by atoms with Gasteiger partial charge in [-0.3, -0.25) is 9.59 Å². The largest absolute Gasteiger partial charge is 0.457 e. The maximum absolute atomic E-state index is 13.2. The van der Waals surface area contributed by atoms with Crippen LogP contribution in [0.15, 0.2) is 54.1 Å². The second-order valence-corrected chi connectivity index (χ2v) is 14.0. The summed E-state index contributed by atoms with van der Waals surface area (Å²) in [6.07, 6.45) is 9.25. The van der Waals surface area contributed by atoms with Gasteiger partial charge in [-0.25, -0.2) is 9.78 Å². The van der Waals surface area contributed by atoms with Crippen molar-refractivity contribution in [1.29, 1.82) is 0 Å². The van der Waals surface area contributed by atoms with E-state index in [1.807, 2.05) is 13.1 Å². The number of hydrogen-bond donors (Lipinski definition) is 2. The summed E-state index contributed by atoms with van der Waals surface area (Å²) in [5.41, 5.74) is 0.924. The van der Waals surface area contributed by atoms with Crippen molar-refractivity contribution in [2.75, 3.05) is 13.2 Å². The van der Waals surface area contributed by atoms with Crippen molar-refractivity contribution in [3.05, 3.63) is 59.7 Å². The predicted octanol–water partition coefficient (Wildman–Crippen LogP) is 3.16. The summed E-state index contributed by atoms with van der Waals surface area (Å²) in [5.74, 6) is -3.51. The number of rotatable bonds is 9. The molecule has 3 aliphatic heterocycles. The van der Waals surface area contributed by atoms with Crippen molar-refractivity contribution in [2.24, 2.45) is 30.7 Å². The van der Waals surface area contributed by atoms with Gasteiger partial charge < -0.3 is 43.2 Å². The fraction of sp³-hybridized carbons (Fsp3) is 0.611. The summed E-state index contributed by atoms with van der Waals surface area (Å²) in [5, 5.41) is 23.1. The van der Waals surface area contributed by atoms with Gasteiger partial charge in [-0.05, 0) is 68.6 Å². The number of aliphatic hydroxyl groups excluding tert-OH is 1. The van der Waals surface area contributed by atoms with E-state index in [2.05, 4.69) is 31.8 Å². The highest BCUT2D eigenvalue weighted by Crippen LogP contribution is 2.49. The average Bonchev–Trinajstić information content (AvgIpc) is 3.60. The number of carbonyl (C=O) groups excluding carboxylic acids is 3. The molecule has 5 rings (SSSR count). The molecule has 0 radical (unpaired) electrons. The molecule has 1 saturated heterocycles. The van der Waals surface area contributed by atoms with Crippen molar-refractivity contribution in [3.8, 4) is 0 Å². The van der Waals surface area contributed by atoms with Gasteiger partial charge in [0, 0.05) is 38.7 Å². The Labute approximate surface area is 286 Å². The minimum absolute atomic E-state index is 0.0588. The molecular weight excluding hydrogens is 636 g/mol. The Morgan fingerprint density at radius 2 is 1.90 bits per heavy atom. The Morgan fingerprint density at radius 1 is 1.16 bits per heavy atom. The Morgan fingerprint density at radius 3 is 2.55 bits per heavy atom. The molecule has 10 atom stereocenters. The second-order valence-electron chi connectivity index (χ2n) is 14.0. The van der Waals surface area contributed by atoms with E-state index in [0.29, 0.717) is 17.7 Å². The van der Waals surface area contributed by atoms with Gasteiger partial charge in [0.1, 0.15) is 17.8 Å². The maximum Gasteiger partial charge on any atom is 0.331 e. The van der Waals surface area contributed by atoms with Crippen LogP contribution in [-0.4, -0.2) is 93.0 Å². The van der Waals surface area contributed by atoms with Crippen molar-refractivity contribution in [3.63, 3.8) is 0 Å². The molecule has 13 heteroatoms. The highest BCUT2D eigenvalue weighted by Gasteiger charge is 2.53. The number of imidazole rings is 1. The van der Waals surface area contributed by atoms with E-state index in [1.165, 1.54) is 26.0 Å². The van der Waals surface area contributed by atoms with Gasteiger partial charge in [0.15, 0.2) is 18.5 Å². The maximum atomic E-state index is 13.2. The van der Waals surface area contributed by atoms with Gasteiger partial charge in [0.05, 0.1) is 25.2 Å². The zero-order valence-corrected chi connectivity index (χ0v) is 29.1. The normalized spacial score (nSPS) is 36.9. The molecule has 2 bridgehead atoms. The Hall–Kier alpha value is -3.62. The first kappa shape index (κ1) is 36.7. The zero-order valence-electron chi connectivity index (χ0n) is 29.1. The van der Waals surface area contributed by atoms with E-state index in [9.17, 15) is 24.6 Å². The highest BCUT2D eigenvalue weighted by molar-refractivity contribution is 5.86. The summed E-state index contributed by atoms with van der Waals surface area (Å²) in [4.78, 5) is 41.0. The van der Waals surface area contributed by atoms with E-state index in [4.69, 9.17) is 28.4 Å². The molecule has 4 heterocycles. The molecule has 4 aliphatic rings. The quantitative estimate of drug-likeness (QED) is 0.169. The molecule has 13 nitrogen and oxygen atoms in total. The summed E-state index contributed by atoms with van der Waals surface area (Å²) in [7, 11) is 1.84. The van der Waals surface area contributed by atoms with E-state index in [0.717, 1.165) is 12.0 Å². The third-order valence-electron chi connectivity index (χ3n) is 9.90. The number of aryl methyl sites for hydroxylation is 1. The van der Waals surface area contributed by atoms with Crippen molar-refractivity contribution >= 4 is 24.0 Å². The Balaban J connectivity index is 1.45. The summed E-state index contributed by atoms with van der Waals surface area (Å²) < 4.78 is 36.8. The first-order valence-corrected chi connectivity index (χ1v) is 16.7. The molecule has 49 heavy (non-hydrogen) atoms. The molecule has 1 fully saturated rings. The highest BCUT2D eigenvalue weighted by atomic mass is 16.7. The van der Waals surface area contributed by atoms with Crippen LogP contribution < -0.4 is 0 Å². The number of ether oxygens (including phenoxy) is 6. The number of aliphatic hydroxyl groups is 2. The molecule has 0 amide bonds. The number of allylic oxidation sites excluding steroid dienone is 3. The van der Waals surface area contributed by atoms with Crippen LogP contribution in [0.3, 0.4) is 0 Å².